The van der Waals surface area contributed by atoms with Gasteiger partial charge in [0.05, 0.1) is 6.61 Å². The molecule has 0 N–H and O–H groups in total. The summed E-state index contributed by atoms with van der Waals surface area (Å²) in [7, 11) is 0. The van der Waals surface area contributed by atoms with Crippen LogP contribution >= 0.6 is 15.9 Å². The highest BCUT2D eigenvalue weighted by Crippen LogP contribution is 2.28. The van der Waals surface area contributed by atoms with Crippen LogP contribution in [0.2, 0.25) is 0 Å². The van der Waals surface area contributed by atoms with Crippen LogP contribution in [-0.2, 0) is 6.61 Å². The van der Waals surface area contributed by atoms with Crippen LogP contribution in [0.5, 0.6) is 11.5 Å². The Morgan fingerprint density at radius 3 is 2.40 bits per heavy atom. The van der Waals surface area contributed by atoms with Gasteiger partial charge in [0.1, 0.15) is 12.4 Å². The average Bonchev–Trinajstić information content (AvgIpc) is 2.45. The van der Waals surface area contributed by atoms with E-state index in [1.165, 1.54) is 12.1 Å². The third kappa shape index (κ3) is 3.97. The number of hydrogen-bond acceptors (Lipinski definition) is 2. The lowest BCUT2D eigenvalue weighted by atomic mass is 10.2. The smallest absolute Gasteiger partial charge is 0.161 e. The van der Waals surface area contributed by atoms with Crippen LogP contribution in [0.4, 0.5) is 4.39 Å². The summed E-state index contributed by atoms with van der Waals surface area (Å²) < 4.78 is 25.1. The van der Waals surface area contributed by atoms with Gasteiger partial charge in [-0.25, -0.2) is 4.39 Å². The monoisotopic (exact) mass is 338 g/mol. The van der Waals surface area contributed by atoms with Crippen LogP contribution in [0.3, 0.4) is 0 Å². The second-order valence-electron chi connectivity index (χ2n) is 4.32. The van der Waals surface area contributed by atoms with Gasteiger partial charge in [-0.3, -0.25) is 0 Å². The molecule has 0 radical (unpaired) electrons. The molecule has 0 aliphatic rings. The molecule has 0 spiro atoms. The number of rotatable bonds is 6. The molecule has 4 heteroatoms. The van der Waals surface area contributed by atoms with Gasteiger partial charge >= 0.3 is 0 Å². The van der Waals surface area contributed by atoms with Crippen LogP contribution in [0.25, 0.3) is 0 Å². The Morgan fingerprint density at radius 1 is 1.05 bits per heavy atom. The van der Waals surface area contributed by atoms with Gasteiger partial charge in [0.2, 0.25) is 0 Å². The van der Waals surface area contributed by atoms with E-state index in [0.29, 0.717) is 23.4 Å². The number of benzene rings is 2. The highest BCUT2D eigenvalue weighted by molar-refractivity contribution is 9.10. The van der Waals surface area contributed by atoms with Gasteiger partial charge in [-0.05, 0) is 30.7 Å². The third-order valence-corrected chi connectivity index (χ3v) is 3.45. The van der Waals surface area contributed by atoms with Crippen molar-refractivity contribution in [2.75, 3.05) is 6.61 Å². The summed E-state index contributed by atoms with van der Waals surface area (Å²) in [6.07, 6.45) is 0.942. The molecule has 0 aliphatic carbocycles. The van der Waals surface area contributed by atoms with Crippen molar-refractivity contribution in [1.82, 2.24) is 0 Å². The summed E-state index contributed by atoms with van der Waals surface area (Å²) in [4.78, 5) is 0. The van der Waals surface area contributed by atoms with E-state index in [1.807, 2.05) is 24.3 Å². The van der Waals surface area contributed by atoms with Crippen LogP contribution < -0.4 is 9.47 Å². The molecule has 0 bridgehead atoms. The fraction of sp³-hybridized carbons (Fsp3) is 0.250. The van der Waals surface area contributed by atoms with Crippen molar-refractivity contribution in [2.45, 2.75) is 20.0 Å². The molecule has 0 fully saturated rings. The predicted molar refractivity (Wildman–Crippen MR) is 80.7 cm³/mol. The summed E-state index contributed by atoms with van der Waals surface area (Å²) >= 11 is 3.33. The van der Waals surface area contributed by atoms with Crippen molar-refractivity contribution >= 4 is 15.9 Å². The molecule has 0 aromatic heterocycles. The first-order chi connectivity index (χ1) is 9.70. The summed E-state index contributed by atoms with van der Waals surface area (Å²) in [5.41, 5.74) is 0.886. The zero-order valence-corrected chi connectivity index (χ0v) is 12.8. The molecule has 0 unspecified atom stereocenters. The van der Waals surface area contributed by atoms with E-state index < -0.39 is 0 Å². The van der Waals surface area contributed by atoms with Gasteiger partial charge in [-0.1, -0.05) is 41.1 Å². The minimum Gasteiger partial charge on any atom is -0.490 e. The zero-order valence-electron chi connectivity index (χ0n) is 11.2. The zero-order chi connectivity index (χ0) is 14.4. The van der Waals surface area contributed by atoms with Gasteiger partial charge in [0.25, 0.3) is 0 Å². The van der Waals surface area contributed by atoms with E-state index in [4.69, 9.17) is 9.47 Å². The van der Waals surface area contributed by atoms with E-state index >= 15 is 0 Å². The Morgan fingerprint density at radius 2 is 1.75 bits per heavy atom. The van der Waals surface area contributed by atoms with E-state index in [2.05, 4.69) is 22.9 Å². The minimum atomic E-state index is -0.271. The number of para-hydroxylation sites is 2. The molecule has 20 heavy (non-hydrogen) atoms. The average molecular weight is 339 g/mol. The number of ether oxygens (including phenoxy) is 2. The normalized spacial score (nSPS) is 10.3. The maximum atomic E-state index is 13.0. The van der Waals surface area contributed by atoms with E-state index in [9.17, 15) is 4.39 Å². The lowest BCUT2D eigenvalue weighted by molar-refractivity contribution is 0.261. The Hall–Kier alpha value is -1.55. The first kappa shape index (κ1) is 14.9. The number of hydrogen-bond donors (Lipinski definition) is 0. The summed E-state index contributed by atoms with van der Waals surface area (Å²) in [6, 6.07) is 12.1. The van der Waals surface area contributed by atoms with Crippen LogP contribution in [0, 0.1) is 5.82 Å². The topological polar surface area (TPSA) is 18.5 Å². The summed E-state index contributed by atoms with van der Waals surface area (Å²) in [6.45, 7) is 3.06. The van der Waals surface area contributed by atoms with Crippen molar-refractivity contribution in [3.05, 3.63) is 58.3 Å². The maximum Gasteiger partial charge on any atom is 0.161 e. The van der Waals surface area contributed by atoms with Gasteiger partial charge in [-0.15, -0.1) is 0 Å². The molecule has 106 valence electrons. The quantitative estimate of drug-likeness (QED) is 0.741. The van der Waals surface area contributed by atoms with Gasteiger partial charge in [0, 0.05) is 10.0 Å². The molecule has 0 atom stereocenters. The summed E-state index contributed by atoms with van der Waals surface area (Å²) in [5.74, 6) is 1.15. The SMILES string of the molecule is CCCOc1ccccc1OCc1ccc(F)cc1Br. The minimum absolute atomic E-state index is 0.271. The largest absolute Gasteiger partial charge is 0.490 e. The molecule has 0 amide bonds. The molecule has 2 nitrogen and oxygen atoms in total. The predicted octanol–water partition coefficient (Wildman–Crippen LogP) is 4.96. The third-order valence-electron chi connectivity index (χ3n) is 2.71. The molecule has 0 heterocycles. The summed E-state index contributed by atoms with van der Waals surface area (Å²) in [5, 5.41) is 0. The highest BCUT2D eigenvalue weighted by Gasteiger charge is 2.06. The molecule has 2 aromatic carbocycles. The maximum absolute atomic E-state index is 13.0. The molecule has 2 rings (SSSR count). The van der Waals surface area contributed by atoms with Crippen molar-refractivity contribution in [3.8, 4) is 11.5 Å². The van der Waals surface area contributed by atoms with E-state index in [1.54, 1.807) is 6.07 Å². The van der Waals surface area contributed by atoms with Gasteiger partial charge in [0.15, 0.2) is 11.5 Å². The lowest BCUT2D eigenvalue weighted by Gasteiger charge is -2.12. The Kier molecular flexibility index (Phi) is 5.41. The molecule has 0 aliphatic heterocycles. The molecule has 0 saturated heterocycles. The van der Waals surface area contributed by atoms with Crippen molar-refractivity contribution in [1.29, 1.82) is 0 Å². The highest BCUT2D eigenvalue weighted by atomic mass is 79.9. The van der Waals surface area contributed by atoms with Crippen molar-refractivity contribution in [3.63, 3.8) is 0 Å². The Balaban J connectivity index is 2.06. The second-order valence-corrected chi connectivity index (χ2v) is 5.17. The standard InChI is InChI=1S/C16H16BrFO2/c1-2-9-19-15-5-3-4-6-16(15)20-11-12-7-8-13(18)10-14(12)17/h3-8,10H,2,9,11H2,1H3. The van der Waals surface area contributed by atoms with Crippen molar-refractivity contribution < 1.29 is 13.9 Å². The molecular weight excluding hydrogens is 323 g/mol. The van der Waals surface area contributed by atoms with Crippen LogP contribution in [0.15, 0.2) is 46.9 Å². The number of halogens is 2. The fourth-order valence-corrected chi connectivity index (χ4v) is 2.16. The van der Waals surface area contributed by atoms with Gasteiger partial charge in [-0.2, -0.15) is 0 Å². The first-order valence-corrected chi connectivity index (χ1v) is 7.28. The second kappa shape index (κ2) is 7.29. The van der Waals surface area contributed by atoms with Crippen molar-refractivity contribution in [2.24, 2.45) is 0 Å². The van der Waals surface area contributed by atoms with Crippen LogP contribution in [-0.4, -0.2) is 6.61 Å². The molecular formula is C16H16BrFO2. The lowest BCUT2D eigenvalue weighted by Crippen LogP contribution is -2.01. The molecule has 2 aromatic rings. The molecule has 0 saturated carbocycles. The van der Waals surface area contributed by atoms with Gasteiger partial charge < -0.3 is 9.47 Å². The van der Waals surface area contributed by atoms with E-state index in [0.717, 1.165) is 17.7 Å². The fourth-order valence-electron chi connectivity index (χ4n) is 1.69. The van der Waals surface area contributed by atoms with Crippen LogP contribution in [0.1, 0.15) is 18.9 Å². The van der Waals surface area contributed by atoms with E-state index in [-0.39, 0.29) is 5.82 Å². The first-order valence-electron chi connectivity index (χ1n) is 6.49. The Labute approximate surface area is 126 Å². The Bertz CT molecular complexity index is 572.